The summed E-state index contributed by atoms with van der Waals surface area (Å²) in [4.78, 5) is 8.33. The average Bonchev–Trinajstić information content (AvgIpc) is 3.08. The van der Waals surface area contributed by atoms with Gasteiger partial charge in [0.1, 0.15) is 10.7 Å². The molecule has 0 saturated heterocycles. The van der Waals surface area contributed by atoms with E-state index in [0.717, 1.165) is 11.4 Å². The number of anilines is 3. The van der Waals surface area contributed by atoms with Gasteiger partial charge in [0, 0.05) is 19.4 Å². The molecule has 3 rings (SSSR count). The summed E-state index contributed by atoms with van der Waals surface area (Å²) in [6.07, 6.45) is -0.681. The summed E-state index contributed by atoms with van der Waals surface area (Å²) < 4.78 is 30.1. The first kappa shape index (κ1) is 23.4. The number of alkyl halides is 2. The fourth-order valence-corrected chi connectivity index (χ4v) is 4.90. The first-order valence-corrected chi connectivity index (χ1v) is 14.0. The molecule has 0 aliphatic rings. The zero-order valence-corrected chi connectivity index (χ0v) is 20.4. The molecule has 0 aliphatic carbocycles. The standard InChI is InChI=1S/C15H14ClF2IN5PS.C2H6/c1-23(26-2)10-6-4-3-5-8(10)20-9-7-11(16)21-14-12(9)22-15(13(17)18)24(14)25-19;1-2/h3-7,13,25H,1-2H3,(H,20,21);1-2H3. The molecule has 2 aromatic heterocycles. The van der Waals surface area contributed by atoms with Crippen LogP contribution in [0.4, 0.5) is 25.8 Å². The van der Waals surface area contributed by atoms with Gasteiger partial charge in [-0.25, -0.2) is 18.7 Å². The van der Waals surface area contributed by atoms with E-state index in [1.807, 2.05) is 77.8 Å². The summed E-state index contributed by atoms with van der Waals surface area (Å²) in [5.41, 5.74) is 3.02. The van der Waals surface area contributed by atoms with Crippen LogP contribution in [0.15, 0.2) is 30.3 Å². The number of pyridine rings is 1. The van der Waals surface area contributed by atoms with E-state index in [2.05, 4.69) is 15.3 Å². The molecule has 0 spiro atoms. The topological polar surface area (TPSA) is 46.0 Å². The molecule has 1 atom stereocenters. The maximum atomic E-state index is 13.4. The van der Waals surface area contributed by atoms with E-state index in [-0.39, 0.29) is 17.4 Å². The van der Waals surface area contributed by atoms with Crippen LogP contribution in [0.5, 0.6) is 0 Å². The third-order valence-corrected chi connectivity index (χ3v) is 6.67. The highest BCUT2D eigenvalue weighted by molar-refractivity contribution is 14.2. The summed E-state index contributed by atoms with van der Waals surface area (Å²) in [5.74, 6) is -0.305. The highest BCUT2D eigenvalue weighted by atomic mass is 127. The third kappa shape index (κ3) is 4.98. The van der Waals surface area contributed by atoms with Gasteiger partial charge in [0.15, 0.2) is 11.5 Å². The van der Waals surface area contributed by atoms with Gasteiger partial charge in [0.25, 0.3) is 6.43 Å². The number of fused-ring (bicyclic) bond motifs is 1. The number of aromatic nitrogens is 3. The Morgan fingerprint density at radius 1 is 1.25 bits per heavy atom. The van der Waals surface area contributed by atoms with Crippen molar-refractivity contribution >= 4 is 80.2 Å². The molecule has 1 N–H and O–H groups in total. The Morgan fingerprint density at radius 3 is 2.54 bits per heavy atom. The molecule has 5 nitrogen and oxygen atoms in total. The minimum absolute atomic E-state index is 0.0379. The first-order chi connectivity index (χ1) is 13.5. The predicted molar refractivity (Wildman–Crippen MR) is 128 cm³/mol. The molecule has 0 saturated carbocycles. The van der Waals surface area contributed by atoms with Gasteiger partial charge in [0.2, 0.25) is 0 Å². The number of hydrogen-bond acceptors (Lipinski definition) is 5. The van der Waals surface area contributed by atoms with E-state index in [4.69, 9.17) is 11.6 Å². The lowest BCUT2D eigenvalue weighted by molar-refractivity contribution is 0.140. The van der Waals surface area contributed by atoms with E-state index in [9.17, 15) is 8.78 Å². The minimum Gasteiger partial charge on any atom is -0.352 e. The van der Waals surface area contributed by atoms with Crippen molar-refractivity contribution in [1.82, 2.24) is 14.3 Å². The summed E-state index contributed by atoms with van der Waals surface area (Å²) in [6, 6.07) is 9.31. The van der Waals surface area contributed by atoms with Crippen molar-refractivity contribution in [3.8, 4) is 0 Å². The molecule has 152 valence electrons. The quantitative estimate of drug-likeness (QED) is 0.149. The smallest absolute Gasteiger partial charge is 0.295 e. The second-order valence-corrected chi connectivity index (χ2v) is 8.54. The van der Waals surface area contributed by atoms with Crippen molar-refractivity contribution in [3.63, 3.8) is 0 Å². The molecular weight excluding hydrogens is 538 g/mol. The highest BCUT2D eigenvalue weighted by Gasteiger charge is 2.22. The Kier molecular flexibility index (Phi) is 8.98. The molecule has 11 heteroatoms. The van der Waals surface area contributed by atoms with Crippen molar-refractivity contribution in [2.45, 2.75) is 20.3 Å². The summed E-state index contributed by atoms with van der Waals surface area (Å²) in [6.45, 7) is 4.00. The first-order valence-electron chi connectivity index (χ1n) is 8.33. The highest BCUT2D eigenvalue weighted by Crippen LogP contribution is 2.39. The van der Waals surface area contributed by atoms with E-state index >= 15 is 0 Å². The van der Waals surface area contributed by atoms with Gasteiger partial charge < -0.3 is 9.62 Å². The van der Waals surface area contributed by atoms with Crippen molar-refractivity contribution < 1.29 is 8.78 Å². The van der Waals surface area contributed by atoms with Gasteiger partial charge in [-0.1, -0.05) is 49.5 Å². The van der Waals surface area contributed by atoms with Crippen LogP contribution in [0.2, 0.25) is 5.15 Å². The molecule has 1 aromatic carbocycles. The number of hydrogen-bond donors (Lipinski definition) is 1. The number of nitrogens with one attached hydrogen (secondary N) is 1. The number of halogens is 4. The van der Waals surface area contributed by atoms with Gasteiger partial charge in [0.05, 0.1) is 23.4 Å². The van der Waals surface area contributed by atoms with Crippen LogP contribution in [0.1, 0.15) is 26.1 Å². The maximum absolute atomic E-state index is 13.4. The van der Waals surface area contributed by atoms with E-state index in [0.29, 0.717) is 16.9 Å². The largest absolute Gasteiger partial charge is 0.352 e. The molecule has 3 aromatic rings. The van der Waals surface area contributed by atoms with Crippen LogP contribution >= 0.6 is 52.0 Å². The monoisotopic (exact) mass is 557 g/mol. The third-order valence-electron chi connectivity index (χ3n) is 3.68. The lowest BCUT2D eigenvalue weighted by atomic mass is 10.2. The van der Waals surface area contributed by atoms with Gasteiger partial charge in [-0.15, -0.1) is 0 Å². The molecule has 28 heavy (non-hydrogen) atoms. The SMILES string of the molecule is CC.CSN(C)c1ccccc1Nc1cc(Cl)nc2c1nc(C(F)F)n2PI. The Bertz CT molecular complexity index is 943. The second-order valence-electron chi connectivity index (χ2n) is 5.18. The van der Waals surface area contributed by atoms with Crippen LogP contribution in [-0.2, 0) is 0 Å². The number of para-hydroxylation sites is 2. The molecular formula is C17H20ClF2IN5PS. The number of rotatable bonds is 6. The maximum Gasteiger partial charge on any atom is 0.295 e. The summed E-state index contributed by atoms with van der Waals surface area (Å²) in [5, 5.41) is 3.49. The van der Waals surface area contributed by atoms with E-state index in [1.54, 1.807) is 18.0 Å². The molecule has 0 aliphatic heterocycles. The summed E-state index contributed by atoms with van der Waals surface area (Å²) >= 11 is 9.73. The fourth-order valence-electron chi connectivity index (χ4n) is 2.46. The van der Waals surface area contributed by atoms with Crippen molar-refractivity contribution in [3.05, 3.63) is 41.3 Å². The Balaban J connectivity index is 0.00000136. The van der Waals surface area contributed by atoms with Crippen molar-refractivity contribution in [1.29, 1.82) is 0 Å². The van der Waals surface area contributed by atoms with Crippen LogP contribution in [0.25, 0.3) is 11.2 Å². The zero-order valence-electron chi connectivity index (χ0n) is 15.7. The zero-order chi connectivity index (χ0) is 20.8. The number of nitrogens with zero attached hydrogens (tertiary/aromatic N) is 4. The molecule has 0 bridgehead atoms. The Morgan fingerprint density at radius 2 is 1.93 bits per heavy atom. The summed E-state index contributed by atoms with van der Waals surface area (Å²) in [7, 11) is 1.95. The lowest BCUT2D eigenvalue weighted by Crippen LogP contribution is -2.07. The van der Waals surface area contributed by atoms with Crippen LogP contribution in [0.3, 0.4) is 0 Å². The van der Waals surface area contributed by atoms with Gasteiger partial charge >= 0.3 is 0 Å². The van der Waals surface area contributed by atoms with Crippen molar-refractivity contribution in [2.75, 3.05) is 22.9 Å². The fraction of sp³-hybridized carbons (Fsp3) is 0.294. The molecule has 1 unspecified atom stereocenters. The molecule has 2 heterocycles. The van der Waals surface area contributed by atoms with Gasteiger partial charge in [-0.3, -0.25) is 4.34 Å². The Labute approximate surface area is 187 Å². The predicted octanol–water partition coefficient (Wildman–Crippen LogP) is 7.30. The number of imidazole rings is 1. The molecule has 0 amide bonds. The van der Waals surface area contributed by atoms with Crippen LogP contribution < -0.4 is 9.62 Å². The molecule has 0 radical (unpaired) electrons. The van der Waals surface area contributed by atoms with E-state index < -0.39 is 6.43 Å². The van der Waals surface area contributed by atoms with Gasteiger partial charge in [-0.05, 0) is 34.2 Å². The van der Waals surface area contributed by atoms with Gasteiger partial charge in [-0.2, -0.15) is 0 Å². The number of benzene rings is 1. The molecule has 0 fully saturated rings. The van der Waals surface area contributed by atoms with Crippen molar-refractivity contribution in [2.24, 2.45) is 0 Å². The normalized spacial score (nSPS) is 11.2. The lowest BCUT2D eigenvalue weighted by Gasteiger charge is -2.20. The average molecular weight is 558 g/mol. The minimum atomic E-state index is -2.69. The Hall–Kier alpha value is -0.900. The van der Waals surface area contributed by atoms with Crippen LogP contribution in [0, 0.1) is 0 Å². The van der Waals surface area contributed by atoms with E-state index in [1.165, 1.54) is 4.34 Å². The van der Waals surface area contributed by atoms with Crippen LogP contribution in [-0.4, -0.2) is 27.6 Å². The second kappa shape index (κ2) is 10.8.